The molecule has 4 rings (SSSR count). The minimum atomic E-state index is -0.312. The number of rotatable bonds is 9. The van der Waals surface area contributed by atoms with Gasteiger partial charge >= 0.3 is 0 Å². The molecule has 1 N–H and O–H groups in total. The molecule has 0 spiro atoms. The SMILES string of the molecule is CCOc1cc2occ(-c3ccc(OC)c(OC)c3)c2cc1/C(C)=C/C(=O)Nc1cccc(C(C)=O)c1. The Morgan fingerprint density at radius 1 is 0.946 bits per heavy atom. The molecule has 0 aliphatic carbocycles. The van der Waals surface area contributed by atoms with Gasteiger partial charge in [-0.25, -0.2) is 0 Å². The number of anilines is 1. The van der Waals surface area contributed by atoms with Crippen LogP contribution in [0.3, 0.4) is 0 Å². The lowest BCUT2D eigenvalue weighted by molar-refractivity contribution is -0.111. The highest BCUT2D eigenvalue weighted by Crippen LogP contribution is 2.40. The molecule has 37 heavy (non-hydrogen) atoms. The first-order valence-corrected chi connectivity index (χ1v) is 11.9. The zero-order valence-corrected chi connectivity index (χ0v) is 21.5. The number of methoxy groups -OCH3 is 2. The fourth-order valence-corrected chi connectivity index (χ4v) is 4.13. The number of hydrogen-bond donors (Lipinski definition) is 1. The molecular formula is C30H29NO6. The van der Waals surface area contributed by atoms with E-state index in [-0.39, 0.29) is 11.7 Å². The van der Waals surface area contributed by atoms with Gasteiger partial charge in [0.1, 0.15) is 11.3 Å². The van der Waals surface area contributed by atoms with E-state index in [1.54, 1.807) is 44.7 Å². The molecule has 1 aromatic heterocycles. The summed E-state index contributed by atoms with van der Waals surface area (Å²) >= 11 is 0. The number of carbonyl (C=O) groups excluding carboxylic acids is 2. The summed E-state index contributed by atoms with van der Waals surface area (Å²) in [7, 11) is 3.19. The number of ether oxygens (including phenoxy) is 3. The Balaban J connectivity index is 1.72. The van der Waals surface area contributed by atoms with Crippen LogP contribution in [0.1, 0.15) is 36.7 Å². The van der Waals surface area contributed by atoms with Crippen LogP contribution in [0.25, 0.3) is 27.7 Å². The summed E-state index contributed by atoms with van der Waals surface area (Å²) in [6, 6.07) is 16.3. The number of hydrogen-bond acceptors (Lipinski definition) is 6. The summed E-state index contributed by atoms with van der Waals surface area (Å²) in [4.78, 5) is 24.5. The standard InChI is InChI=1S/C30H29NO6/c1-6-36-27-16-28-24(25(17-37-28)21-10-11-26(34-4)29(14-21)35-5)15-23(27)18(2)12-30(33)31-22-9-7-8-20(13-22)19(3)32/h7-17H,6H2,1-5H3,(H,31,33)/b18-12+. The molecule has 0 aliphatic heterocycles. The van der Waals surface area contributed by atoms with E-state index in [0.717, 1.165) is 22.1 Å². The molecule has 0 saturated carbocycles. The number of furan rings is 1. The molecule has 0 saturated heterocycles. The fourth-order valence-electron chi connectivity index (χ4n) is 4.13. The minimum Gasteiger partial charge on any atom is -0.493 e. The highest BCUT2D eigenvalue weighted by atomic mass is 16.5. The first kappa shape index (κ1) is 25.6. The lowest BCUT2D eigenvalue weighted by Crippen LogP contribution is -2.09. The normalized spacial score (nSPS) is 11.3. The fraction of sp³-hybridized carbons (Fsp3) is 0.200. The molecule has 3 aromatic carbocycles. The van der Waals surface area contributed by atoms with E-state index in [0.29, 0.717) is 46.3 Å². The number of ketones is 1. The van der Waals surface area contributed by atoms with E-state index in [4.69, 9.17) is 18.6 Å². The van der Waals surface area contributed by atoms with Gasteiger partial charge in [-0.05, 0) is 62.2 Å². The van der Waals surface area contributed by atoms with Gasteiger partial charge < -0.3 is 23.9 Å². The molecule has 1 heterocycles. The maximum absolute atomic E-state index is 12.8. The molecular weight excluding hydrogens is 470 g/mol. The number of Topliss-reactive ketones (excluding diaryl/α,β-unsaturated/α-hetero) is 1. The summed E-state index contributed by atoms with van der Waals surface area (Å²) in [6.45, 7) is 5.70. The van der Waals surface area contributed by atoms with Gasteiger partial charge in [-0.15, -0.1) is 0 Å². The minimum absolute atomic E-state index is 0.0668. The third-order valence-electron chi connectivity index (χ3n) is 5.98. The second kappa shape index (κ2) is 11.0. The first-order valence-electron chi connectivity index (χ1n) is 11.9. The van der Waals surface area contributed by atoms with E-state index >= 15 is 0 Å². The second-order valence-corrected chi connectivity index (χ2v) is 8.45. The molecule has 1 amide bonds. The Morgan fingerprint density at radius 3 is 2.43 bits per heavy atom. The van der Waals surface area contributed by atoms with E-state index in [9.17, 15) is 9.59 Å². The van der Waals surface area contributed by atoms with Crippen molar-refractivity contribution in [3.05, 3.63) is 78.1 Å². The van der Waals surface area contributed by atoms with E-state index in [1.807, 2.05) is 44.2 Å². The molecule has 4 aromatic rings. The van der Waals surface area contributed by atoms with Crippen LogP contribution in [0, 0.1) is 0 Å². The van der Waals surface area contributed by atoms with Crippen LogP contribution in [0.15, 0.2) is 71.4 Å². The van der Waals surface area contributed by atoms with Crippen molar-refractivity contribution in [3.8, 4) is 28.4 Å². The van der Waals surface area contributed by atoms with Crippen molar-refractivity contribution in [2.24, 2.45) is 0 Å². The number of nitrogens with one attached hydrogen (secondary N) is 1. The average Bonchev–Trinajstić information content (AvgIpc) is 3.30. The molecule has 0 fully saturated rings. The summed E-state index contributed by atoms with van der Waals surface area (Å²) in [6.07, 6.45) is 3.21. The van der Waals surface area contributed by atoms with E-state index in [1.165, 1.54) is 13.0 Å². The highest BCUT2D eigenvalue weighted by molar-refractivity contribution is 6.06. The highest BCUT2D eigenvalue weighted by Gasteiger charge is 2.17. The maximum Gasteiger partial charge on any atom is 0.248 e. The molecule has 7 heteroatoms. The van der Waals surface area contributed by atoms with Crippen molar-refractivity contribution < 1.29 is 28.2 Å². The van der Waals surface area contributed by atoms with Crippen LogP contribution in [0.2, 0.25) is 0 Å². The van der Waals surface area contributed by atoms with Crippen LogP contribution in [-0.2, 0) is 4.79 Å². The zero-order chi connectivity index (χ0) is 26.5. The van der Waals surface area contributed by atoms with E-state index < -0.39 is 0 Å². The van der Waals surface area contributed by atoms with Gasteiger partial charge in [0.05, 0.1) is 27.1 Å². The van der Waals surface area contributed by atoms with Crippen molar-refractivity contribution in [1.29, 1.82) is 0 Å². The third-order valence-corrected chi connectivity index (χ3v) is 5.98. The van der Waals surface area contributed by atoms with Gasteiger partial charge in [-0.2, -0.15) is 0 Å². The van der Waals surface area contributed by atoms with Gasteiger partial charge in [0.15, 0.2) is 17.3 Å². The summed E-state index contributed by atoms with van der Waals surface area (Å²) in [5, 5.41) is 3.70. The van der Waals surface area contributed by atoms with Gasteiger partial charge in [0, 0.05) is 39.9 Å². The lowest BCUT2D eigenvalue weighted by Gasteiger charge is -2.12. The first-order chi connectivity index (χ1) is 17.8. The average molecular weight is 500 g/mol. The monoisotopic (exact) mass is 499 g/mol. The molecule has 0 aliphatic rings. The Bertz CT molecular complexity index is 1500. The van der Waals surface area contributed by atoms with Crippen molar-refractivity contribution in [1.82, 2.24) is 0 Å². The number of carbonyl (C=O) groups is 2. The number of benzene rings is 3. The smallest absolute Gasteiger partial charge is 0.248 e. The second-order valence-electron chi connectivity index (χ2n) is 8.45. The van der Waals surface area contributed by atoms with E-state index in [2.05, 4.69) is 5.32 Å². The van der Waals surface area contributed by atoms with Gasteiger partial charge in [0.25, 0.3) is 0 Å². The van der Waals surface area contributed by atoms with Crippen LogP contribution in [-0.4, -0.2) is 32.5 Å². The predicted molar refractivity (Wildman–Crippen MR) is 145 cm³/mol. The molecule has 0 unspecified atom stereocenters. The molecule has 7 nitrogen and oxygen atoms in total. The Hall–Kier alpha value is -4.52. The largest absolute Gasteiger partial charge is 0.493 e. The van der Waals surface area contributed by atoms with Gasteiger partial charge in [0.2, 0.25) is 5.91 Å². The maximum atomic E-state index is 12.8. The lowest BCUT2D eigenvalue weighted by atomic mass is 9.99. The van der Waals surface area contributed by atoms with Crippen molar-refractivity contribution in [2.75, 3.05) is 26.1 Å². The Morgan fingerprint density at radius 2 is 1.73 bits per heavy atom. The van der Waals surface area contributed by atoms with Gasteiger partial charge in [-0.1, -0.05) is 18.2 Å². The summed E-state index contributed by atoms with van der Waals surface area (Å²) < 4.78 is 22.6. The van der Waals surface area contributed by atoms with Crippen LogP contribution in [0.5, 0.6) is 17.2 Å². The zero-order valence-electron chi connectivity index (χ0n) is 21.5. The Kier molecular flexibility index (Phi) is 7.63. The van der Waals surface area contributed by atoms with Crippen LogP contribution >= 0.6 is 0 Å². The van der Waals surface area contributed by atoms with Crippen LogP contribution < -0.4 is 19.5 Å². The van der Waals surface area contributed by atoms with Crippen molar-refractivity contribution >= 4 is 33.9 Å². The number of amides is 1. The Labute approximate surface area is 215 Å². The van der Waals surface area contributed by atoms with Crippen LogP contribution in [0.4, 0.5) is 5.69 Å². The van der Waals surface area contributed by atoms with Crippen molar-refractivity contribution in [3.63, 3.8) is 0 Å². The van der Waals surface area contributed by atoms with Gasteiger partial charge in [-0.3, -0.25) is 9.59 Å². The summed E-state index contributed by atoms with van der Waals surface area (Å²) in [5.41, 5.74) is 5.00. The predicted octanol–water partition coefficient (Wildman–Crippen LogP) is 6.76. The third kappa shape index (κ3) is 5.51. The quantitative estimate of drug-likeness (QED) is 0.202. The number of allylic oxidation sites excluding steroid dienone is 1. The molecule has 0 radical (unpaired) electrons. The molecule has 0 bridgehead atoms. The molecule has 190 valence electrons. The number of fused-ring (bicyclic) bond motifs is 1. The summed E-state index contributed by atoms with van der Waals surface area (Å²) in [5.74, 6) is 1.48. The van der Waals surface area contributed by atoms with Crippen molar-refractivity contribution in [2.45, 2.75) is 20.8 Å². The molecule has 0 atom stereocenters. The topological polar surface area (TPSA) is 87.0 Å².